The monoisotopic (exact) mass is 529 g/mol. The molecule has 0 aliphatic carbocycles. The van der Waals surface area contributed by atoms with Crippen molar-refractivity contribution in [3.05, 3.63) is 88.5 Å². The zero-order valence-electron chi connectivity index (χ0n) is 23.3. The molecule has 3 aromatic rings. The number of amides is 1. The molecule has 0 aromatic heterocycles. The van der Waals surface area contributed by atoms with Gasteiger partial charge in [0.2, 0.25) is 0 Å². The van der Waals surface area contributed by atoms with Crippen molar-refractivity contribution in [3.63, 3.8) is 0 Å². The SMILES string of the molecule is CCOc1cc(C2/C(=C(/O)c3ccc(OC(C)C)c(C)c3)C(=O)C(=O)N2c2ccc(CC)cc2)ccc1OC. The highest BCUT2D eigenvalue weighted by Gasteiger charge is 2.47. The number of rotatable bonds is 9. The summed E-state index contributed by atoms with van der Waals surface area (Å²) in [7, 11) is 1.55. The average Bonchev–Trinajstić information content (AvgIpc) is 3.19. The zero-order valence-corrected chi connectivity index (χ0v) is 23.3. The van der Waals surface area contributed by atoms with E-state index in [4.69, 9.17) is 14.2 Å². The van der Waals surface area contributed by atoms with Crippen molar-refractivity contribution in [2.75, 3.05) is 18.6 Å². The van der Waals surface area contributed by atoms with Gasteiger partial charge in [-0.15, -0.1) is 0 Å². The van der Waals surface area contributed by atoms with Crippen LogP contribution in [0.4, 0.5) is 5.69 Å². The van der Waals surface area contributed by atoms with E-state index in [0.29, 0.717) is 40.7 Å². The molecule has 1 fully saturated rings. The first-order chi connectivity index (χ1) is 18.7. The Hall–Kier alpha value is -4.26. The standard InChI is InChI=1S/C32H35NO6/c1-7-21-9-13-24(14-10-21)33-29(22-11-16-26(37-6)27(18-22)38-8-2)28(31(35)32(33)36)30(34)23-12-15-25(20(5)17-23)39-19(3)4/h9-19,29,34H,7-8H2,1-6H3/b30-28-. The van der Waals surface area contributed by atoms with Crippen LogP contribution in [0.3, 0.4) is 0 Å². The van der Waals surface area contributed by atoms with E-state index < -0.39 is 17.7 Å². The van der Waals surface area contributed by atoms with E-state index >= 15 is 0 Å². The first-order valence-corrected chi connectivity index (χ1v) is 13.2. The van der Waals surface area contributed by atoms with Gasteiger partial charge in [-0.3, -0.25) is 14.5 Å². The van der Waals surface area contributed by atoms with E-state index in [1.54, 1.807) is 43.5 Å². The van der Waals surface area contributed by atoms with Gasteiger partial charge in [0.15, 0.2) is 11.5 Å². The fourth-order valence-corrected chi connectivity index (χ4v) is 4.78. The third-order valence-corrected chi connectivity index (χ3v) is 6.68. The van der Waals surface area contributed by atoms with Crippen molar-refractivity contribution in [3.8, 4) is 17.2 Å². The number of ether oxygens (including phenoxy) is 3. The number of methoxy groups -OCH3 is 1. The van der Waals surface area contributed by atoms with Gasteiger partial charge in [0.1, 0.15) is 11.5 Å². The van der Waals surface area contributed by atoms with Crippen LogP contribution >= 0.6 is 0 Å². The summed E-state index contributed by atoms with van der Waals surface area (Å²) in [4.78, 5) is 28.5. The number of anilines is 1. The molecule has 1 aliphatic heterocycles. The van der Waals surface area contributed by atoms with Gasteiger partial charge in [-0.2, -0.15) is 0 Å². The second-order valence-electron chi connectivity index (χ2n) is 9.68. The molecule has 1 amide bonds. The first-order valence-electron chi connectivity index (χ1n) is 13.2. The van der Waals surface area contributed by atoms with Gasteiger partial charge in [-0.1, -0.05) is 25.1 Å². The zero-order chi connectivity index (χ0) is 28.3. The predicted molar refractivity (Wildman–Crippen MR) is 152 cm³/mol. The second-order valence-corrected chi connectivity index (χ2v) is 9.68. The largest absolute Gasteiger partial charge is 0.507 e. The fourth-order valence-electron chi connectivity index (χ4n) is 4.78. The Morgan fingerprint density at radius 2 is 1.64 bits per heavy atom. The maximum Gasteiger partial charge on any atom is 0.300 e. The first kappa shape index (κ1) is 27.8. The van der Waals surface area contributed by atoms with Crippen LogP contribution in [0.5, 0.6) is 17.2 Å². The minimum atomic E-state index is -0.880. The molecular weight excluding hydrogens is 494 g/mol. The molecule has 1 atom stereocenters. The summed E-state index contributed by atoms with van der Waals surface area (Å²) >= 11 is 0. The smallest absolute Gasteiger partial charge is 0.300 e. The highest BCUT2D eigenvalue weighted by molar-refractivity contribution is 6.51. The molecule has 4 rings (SSSR count). The van der Waals surface area contributed by atoms with Crippen LogP contribution in [0.1, 0.15) is 56.0 Å². The van der Waals surface area contributed by atoms with Crippen LogP contribution in [0.15, 0.2) is 66.2 Å². The molecule has 7 nitrogen and oxygen atoms in total. The molecular formula is C32H35NO6. The lowest BCUT2D eigenvalue weighted by atomic mass is 9.94. The summed E-state index contributed by atoms with van der Waals surface area (Å²) in [6, 6.07) is 17.1. The Balaban J connectivity index is 1.92. The van der Waals surface area contributed by atoms with E-state index in [9.17, 15) is 14.7 Å². The third kappa shape index (κ3) is 5.48. The van der Waals surface area contributed by atoms with Crippen molar-refractivity contribution in [1.82, 2.24) is 0 Å². The van der Waals surface area contributed by atoms with Crippen molar-refractivity contribution in [2.24, 2.45) is 0 Å². The minimum absolute atomic E-state index is 0.00381. The number of aliphatic hydroxyl groups is 1. The summed E-state index contributed by atoms with van der Waals surface area (Å²) in [6.07, 6.45) is 0.830. The molecule has 1 aliphatic rings. The average molecular weight is 530 g/mol. The predicted octanol–water partition coefficient (Wildman–Crippen LogP) is 6.38. The Kier molecular flexibility index (Phi) is 8.29. The van der Waals surface area contributed by atoms with Gasteiger partial charge < -0.3 is 19.3 Å². The highest BCUT2D eigenvalue weighted by Crippen LogP contribution is 2.44. The Morgan fingerprint density at radius 3 is 2.23 bits per heavy atom. The molecule has 1 heterocycles. The number of hydrogen-bond donors (Lipinski definition) is 1. The number of Topliss-reactive ketones (excluding diaryl/α,β-unsaturated/α-hetero) is 1. The second kappa shape index (κ2) is 11.6. The van der Waals surface area contributed by atoms with Gasteiger partial charge in [0.25, 0.3) is 11.7 Å². The van der Waals surface area contributed by atoms with E-state index in [1.807, 2.05) is 58.9 Å². The molecule has 1 unspecified atom stereocenters. The van der Waals surface area contributed by atoms with E-state index in [-0.39, 0.29) is 17.4 Å². The van der Waals surface area contributed by atoms with Crippen LogP contribution in [-0.4, -0.2) is 36.6 Å². The van der Waals surface area contributed by atoms with Gasteiger partial charge in [0.05, 0.1) is 31.4 Å². The molecule has 3 aromatic carbocycles. The van der Waals surface area contributed by atoms with E-state index in [0.717, 1.165) is 17.5 Å². The number of carbonyl (C=O) groups excluding carboxylic acids is 2. The van der Waals surface area contributed by atoms with Crippen LogP contribution in [0.25, 0.3) is 5.76 Å². The van der Waals surface area contributed by atoms with Gasteiger partial charge in [-0.05, 0) is 93.3 Å². The number of carbonyl (C=O) groups is 2. The molecule has 0 spiro atoms. The molecule has 204 valence electrons. The number of hydrogen-bond acceptors (Lipinski definition) is 6. The van der Waals surface area contributed by atoms with Gasteiger partial charge in [-0.25, -0.2) is 0 Å². The van der Waals surface area contributed by atoms with Crippen LogP contribution in [-0.2, 0) is 16.0 Å². The normalized spacial score (nSPS) is 16.6. The lowest BCUT2D eigenvalue weighted by molar-refractivity contribution is -0.132. The van der Waals surface area contributed by atoms with Crippen molar-refractivity contribution >= 4 is 23.1 Å². The Morgan fingerprint density at radius 1 is 0.949 bits per heavy atom. The maximum atomic E-state index is 13.6. The summed E-state index contributed by atoms with van der Waals surface area (Å²) in [6.45, 7) is 10.1. The summed E-state index contributed by atoms with van der Waals surface area (Å²) in [5.41, 5.74) is 3.50. The Bertz CT molecular complexity index is 1410. The van der Waals surface area contributed by atoms with Crippen molar-refractivity contribution in [1.29, 1.82) is 0 Å². The van der Waals surface area contributed by atoms with Gasteiger partial charge in [0, 0.05) is 11.3 Å². The number of benzene rings is 3. The summed E-state index contributed by atoms with van der Waals surface area (Å²) in [5.74, 6) is -0.0242. The number of aliphatic hydroxyl groups excluding tert-OH is 1. The topological polar surface area (TPSA) is 85.3 Å². The summed E-state index contributed by atoms with van der Waals surface area (Å²) in [5, 5.41) is 11.5. The molecule has 1 saturated heterocycles. The minimum Gasteiger partial charge on any atom is -0.507 e. The molecule has 39 heavy (non-hydrogen) atoms. The molecule has 0 bridgehead atoms. The summed E-state index contributed by atoms with van der Waals surface area (Å²) < 4.78 is 17.1. The molecule has 0 saturated carbocycles. The van der Waals surface area contributed by atoms with Crippen LogP contribution < -0.4 is 19.1 Å². The highest BCUT2D eigenvalue weighted by atomic mass is 16.5. The molecule has 0 radical (unpaired) electrons. The quantitative estimate of drug-likeness (QED) is 0.197. The number of ketones is 1. The fraction of sp³-hybridized carbons (Fsp3) is 0.312. The lowest BCUT2D eigenvalue weighted by Gasteiger charge is -2.26. The number of nitrogens with zero attached hydrogens (tertiary/aromatic N) is 1. The van der Waals surface area contributed by atoms with Crippen LogP contribution in [0, 0.1) is 6.92 Å². The Labute approximate surface area is 229 Å². The molecule has 7 heteroatoms. The van der Waals surface area contributed by atoms with Crippen molar-refractivity contribution < 1.29 is 28.9 Å². The van der Waals surface area contributed by atoms with E-state index in [1.165, 1.54) is 4.90 Å². The maximum absolute atomic E-state index is 13.6. The van der Waals surface area contributed by atoms with Gasteiger partial charge >= 0.3 is 0 Å². The van der Waals surface area contributed by atoms with Crippen molar-refractivity contribution in [2.45, 2.75) is 53.2 Å². The molecule has 1 N–H and O–H groups in total. The lowest BCUT2D eigenvalue weighted by Crippen LogP contribution is -2.29. The number of aryl methyl sites for hydroxylation is 2. The van der Waals surface area contributed by atoms with E-state index in [2.05, 4.69) is 0 Å². The third-order valence-electron chi connectivity index (χ3n) is 6.68. The van der Waals surface area contributed by atoms with Crippen LogP contribution in [0.2, 0.25) is 0 Å².